The topological polar surface area (TPSA) is 41.1 Å². The summed E-state index contributed by atoms with van der Waals surface area (Å²) in [4.78, 5) is 13.1. The predicted molar refractivity (Wildman–Crippen MR) is 75.8 cm³/mol. The molecule has 0 fully saturated rings. The van der Waals surface area contributed by atoms with Crippen LogP contribution in [-0.2, 0) is 4.79 Å². The van der Waals surface area contributed by atoms with E-state index in [1.165, 1.54) is 10.5 Å². The maximum atomic E-state index is 11.8. The summed E-state index contributed by atoms with van der Waals surface area (Å²) in [6.07, 6.45) is 2.07. The third kappa shape index (κ3) is 3.50. The Balaban J connectivity index is 1.92. The van der Waals surface area contributed by atoms with Crippen LogP contribution in [0, 0.1) is 0 Å². The van der Waals surface area contributed by atoms with Gasteiger partial charge < -0.3 is 10.6 Å². The van der Waals surface area contributed by atoms with Gasteiger partial charge in [0, 0.05) is 10.6 Å². The van der Waals surface area contributed by atoms with Crippen molar-refractivity contribution >= 4 is 17.7 Å². The molecule has 3 nitrogen and oxygen atoms in total. The molecule has 18 heavy (non-hydrogen) atoms. The van der Waals surface area contributed by atoms with Crippen LogP contribution < -0.4 is 10.6 Å². The first-order valence-electron chi connectivity index (χ1n) is 6.53. The van der Waals surface area contributed by atoms with Crippen molar-refractivity contribution in [2.45, 2.75) is 30.7 Å². The number of carbonyl (C=O) groups is 1. The molecule has 1 aliphatic heterocycles. The largest absolute Gasteiger partial charge is 0.348 e. The van der Waals surface area contributed by atoms with Gasteiger partial charge in [0.1, 0.15) is 0 Å². The minimum Gasteiger partial charge on any atom is -0.348 e. The Labute approximate surface area is 113 Å². The van der Waals surface area contributed by atoms with Crippen LogP contribution in [0.25, 0.3) is 0 Å². The third-order valence-corrected chi connectivity index (χ3v) is 4.13. The van der Waals surface area contributed by atoms with Crippen molar-refractivity contribution in [3.63, 3.8) is 0 Å². The van der Waals surface area contributed by atoms with Crippen LogP contribution in [-0.4, -0.2) is 24.7 Å². The number of nitrogens with one attached hydrogen (secondary N) is 2. The van der Waals surface area contributed by atoms with Gasteiger partial charge in [-0.25, -0.2) is 0 Å². The van der Waals surface area contributed by atoms with Gasteiger partial charge in [-0.15, -0.1) is 11.8 Å². The van der Waals surface area contributed by atoms with E-state index < -0.39 is 0 Å². The van der Waals surface area contributed by atoms with Crippen molar-refractivity contribution in [1.82, 2.24) is 10.6 Å². The van der Waals surface area contributed by atoms with Crippen molar-refractivity contribution in [3.8, 4) is 0 Å². The van der Waals surface area contributed by atoms with Crippen molar-refractivity contribution in [2.75, 3.05) is 18.8 Å². The van der Waals surface area contributed by atoms with Gasteiger partial charge in [-0.1, -0.05) is 25.1 Å². The van der Waals surface area contributed by atoms with E-state index in [1.54, 1.807) is 0 Å². The minimum absolute atomic E-state index is 0.0927. The standard InChI is InChI=1S/C14H20N2OS/c1-2-8-15-10-14(17)16-12-7-9-18-13-6-4-3-5-11(12)13/h3-6,12,15H,2,7-10H2,1H3,(H,16,17). The molecule has 1 unspecified atom stereocenters. The highest BCUT2D eigenvalue weighted by atomic mass is 32.2. The molecule has 4 heteroatoms. The van der Waals surface area contributed by atoms with Crippen molar-refractivity contribution in [1.29, 1.82) is 0 Å². The Morgan fingerprint density at radius 3 is 3.11 bits per heavy atom. The lowest BCUT2D eigenvalue weighted by Crippen LogP contribution is -2.37. The molecule has 1 aromatic rings. The molecule has 1 atom stereocenters. The average molecular weight is 264 g/mol. The quantitative estimate of drug-likeness (QED) is 0.802. The monoisotopic (exact) mass is 264 g/mol. The molecule has 1 aromatic carbocycles. The third-order valence-electron chi connectivity index (χ3n) is 3.01. The molecule has 1 heterocycles. The average Bonchev–Trinajstić information content (AvgIpc) is 2.39. The van der Waals surface area contributed by atoms with Gasteiger partial charge in [0.25, 0.3) is 0 Å². The Bertz CT molecular complexity index is 409. The molecule has 1 amide bonds. The second-order valence-electron chi connectivity index (χ2n) is 4.47. The van der Waals surface area contributed by atoms with Crippen LogP contribution in [0.5, 0.6) is 0 Å². The molecular formula is C14H20N2OS. The Morgan fingerprint density at radius 2 is 2.28 bits per heavy atom. The van der Waals surface area contributed by atoms with Crippen LogP contribution in [0.3, 0.4) is 0 Å². The minimum atomic E-state index is 0.0927. The predicted octanol–water partition coefficient (Wildman–Crippen LogP) is 2.34. The van der Waals surface area contributed by atoms with E-state index in [-0.39, 0.29) is 11.9 Å². The van der Waals surface area contributed by atoms with Crippen LogP contribution in [0.1, 0.15) is 31.4 Å². The van der Waals surface area contributed by atoms with E-state index >= 15 is 0 Å². The number of rotatable bonds is 5. The van der Waals surface area contributed by atoms with Crippen molar-refractivity contribution < 1.29 is 4.79 Å². The number of amides is 1. The van der Waals surface area contributed by atoms with Crippen LogP contribution in [0.2, 0.25) is 0 Å². The van der Waals surface area contributed by atoms with Gasteiger partial charge in [0.15, 0.2) is 0 Å². The fourth-order valence-corrected chi connectivity index (χ4v) is 3.24. The summed E-state index contributed by atoms with van der Waals surface area (Å²) in [7, 11) is 0. The zero-order valence-corrected chi connectivity index (χ0v) is 11.6. The zero-order chi connectivity index (χ0) is 12.8. The lowest BCUT2D eigenvalue weighted by atomic mass is 10.0. The smallest absolute Gasteiger partial charge is 0.234 e. The first kappa shape index (κ1) is 13.4. The Kier molecular flexibility index (Phi) is 5.08. The molecule has 98 valence electrons. The number of benzene rings is 1. The van der Waals surface area contributed by atoms with Crippen molar-refractivity contribution in [3.05, 3.63) is 29.8 Å². The number of thioether (sulfide) groups is 1. The molecule has 2 rings (SSSR count). The summed E-state index contributed by atoms with van der Waals surface area (Å²) in [6, 6.07) is 8.52. The maximum Gasteiger partial charge on any atom is 0.234 e. The SMILES string of the molecule is CCCNCC(=O)NC1CCSc2ccccc21. The zero-order valence-electron chi connectivity index (χ0n) is 10.7. The second kappa shape index (κ2) is 6.81. The lowest BCUT2D eigenvalue weighted by Gasteiger charge is -2.25. The van der Waals surface area contributed by atoms with E-state index in [4.69, 9.17) is 0 Å². The summed E-state index contributed by atoms with van der Waals surface area (Å²) >= 11 is 1.87. The molecule has 2 N–H and O–H groups in total. The second-order valence-corrected chi connectivity index (χ2v) is 5.61. The Morgan fingerprint density at radius 1 is 1.44 bits per heavy atom. The highest BCUT2D eigenvalue weighted by Gasteiger charge is 2.21. The molecule has 0 bridgehead atoms. The van der Waals surface area contributed by atoms with E-state index in [9.17, 15) is 4.79 Å². The first-order chi connectivity index (χ1) is 8.81. The van der Waals surface area contributed by atoms with E-state index in [0.717, 1.165) is 25.1 Å². The number of hydrogen-bond donors (Lipinski definition) is 2. The van der Waals surface area contributed by atoms with Crippen LogP contribution >= 0.6 is 11.8 Å². The first-order valence-corrected chi connectivity index (χ1v) is 7.51. The van der Waals surface area contributed by atoms with Gasteiger partial charge >= 0.3 is 0 Å². The molecule has 1 aliphatic rings. The summed E-state index contributed by atoms with van der Waals surface area (Å²) in [6.45, 7) is 3.41. The highest BCUT2D eigenvalue weighted by Crippen LogP contribution is 2.35. The molecule has 0 radical (unpaired) electrons. The van der Waals surface area contributed by atoms with E-state index in [0.29, 0.717) is 6.54 Å². The lowest BCUT2D eigenvalue weighted by molar-refractivity contribution is -0.121. The van der Waals surface area contributed by atoms with Crippen molar-refractivity contribution in [2.24, 2.45) is 0 Å². The van der Waals surface area contributed by atoms with Gasteiger partial charge in [-0.05, 0) is 31.0 Å². The molecule has 0 saturated heterocycles. The fourth-order valence-electron chi connectivity index (χ4n) is 2.12. The van der Waals surface area contributed by atoms with E-state index in [2.05, 4.69) is 35.8 Å². The van der Waals surface area contributed by atoms with Gasteiger partial charge in [-0.2, -0.15) is 0 Å². The normalized spacial score (nSPS) is 18.2. The summed E-state index contributed by atoms with van der Waals surface area (Å²) < 4.78 is 0. The maximum absolute atomic E-state index is 11.8. The molecule has 0 aliphatic carbocycles. The van der Waals surface area contributed by atoms with Gasteiger partial charge in [0.2, 0.25) is 5.91 Å². The van der Waals surface area contributed by atoms with Gasteiger partial charge in [0.05, 0.1) is 12.6 Å². The number of hydrogen-bond acceptors (Lipinski definition) is 3. The van der Waals surface area contributed by atoms with E-state index in [1.807, 2.05) is 17.8 Å². The van der Waals surface area contributed by atoms with Crippen LogP contribution in [0.4, 0.5) is 0 Å². The molecule has 0 spiro atoms. The van der Waals surface area contributed by atoms with Gasteiger partial charge in [-0.3, -0.25) is 4.79 Å². The molecule has 0 saturated carbocycles. The van der Waals surface area contributed by atoms with Crippen LogP contribution in [0.15, 0.2) is 29.2 Å². The summed E-state index contributed by atoms with van der Waals surface area (Å²) in [5.74, 6) is 1.17. The number of fused-ring (bicyclic) bond motifs is 1. The summed E-state index contributed by atoms with van der Waals surface area (Å²) in [5.41, 5.74) is 1.26. The fraction of sp³-hybridized carbons (Fsp3) is 0.500. The highest BCUT2D eigenvalue weighted by molar-refractivity contribution is 7.99. The Hall–Kier alpha value is -1.00. The number of carbonyl (C=O) groups excluding carboxylic acids is 1. The molecular weight excluding hydrogens is 244 g/mol. The summed E-state index contributed by atoms with van der Waals surface area (Å²) in [5, 5.41) is 6.25. The molecule has 0 aromatic heterocycles.